The number of aryl methyl sites for hydroxylation is 1. The second-order valence-electron chi connectivity index (χ2n) is 5.13. The van der Waals surface area contributed by atoms with E-state index in [9.17, 15) is 9.59 Å². The Morgan fingerprint density at radius 2 is 2.17 bits per heavy atom. The van der Waals surface area contributed by atoms with Crippen LogP contribution in [0.5, 0.6) is 0 Å². The molecule has 0 aliphatic rings. The Morgan fingerprint density at radius 1 is 1.33 bits per heavy atom. The van der Waals surface area contributed by atoms with E-state index in [2.05, 4.69) is 20.3 Å². The molecular formula is C16H16N4O3S. The number of anilines is 1. The lowest BCUT2D eigenvalue weighted by Crippen LogP contribution is -2.12. The number of benzene rings is 1. The highest BCUT2D eigenvalue weighted by atomic mass is 32.1. The van der Waals surface area contributed by atoms with E-state index in [1.165, 1.54) is 11.3 Å². The van der Waals surface area contributed by atoms with Gasteiger partial charge >= 0.3 is 5.97 Å². The molecule has 0 fully saturated rings. The molecule has 0 saturated carbocycles. The van der Waals surface area contributed by atoms with Crippen molar-refractivity contribution in [1.29, 1.82) is 0 Å². The minimum Gasteiger partial charge on any atom is -0.466 e. The number of fused-ring (bicyclic) bond motifs is 1. The van der Waals surface area contributed by atoms with Gasteiger partial charge in [-0.3, -0.25) is 14.9 Å². The molecular weight excluding hydrogens is 328 g/mol. The van der Waals surface area contributed by atoms with Crippen LogP contribution in [0, 0.1) is 6.92 Å². The SMILES string of the molecule is CCOC(=O)Cc1csc(NC(=O)c2ccc3nc(C)[nH]c3c2)n1. The van der Waals surface area contributed by atoms with Crippen LogP contribution in [0.4, 0.5) is 5.13 Å². The Bertz CT molecular complexity index is 900. The standard InChI is InChI=1S/C16H16N4O3S/c1-3-23-14(21)7-11-8-24-16(19-11)20-15(22)10-4-5-12-13(6-10)18-9(2)17-12/h4-6,8H,3,7H2,1-2H3,(H,17,18)(H,19,20,22). The molecule has 0 radical (unpaired) electrons. The number of nitrogens with zero attached hydrogens (tertiary/aromatic N) is 2. The molecule has 2 aromatic heterocycles. The van der Waals surface area contributed by atoms with Crippen molar-refractivity contribution < 1.29 is 14.3 Å². The molecule has 0 unspecified atom stereocenters. The van der Waals surface area contributed by atoms with Gasteiger partial charge in [-0.2, -0.15) is 0 Å². The first-order chi connectivity index (χ1) is 11.5. The number of hydrogen-bond acceptors (Lipinski definition) is 6. The summed E-state index contributed by atoms with van der Waals surface area (Å²) in [4.78, 5) is 35.4. The van der Waals surface area contributed by atoms with E-state index in [1.807, 2.05) is 6.92 Å². The van der Waals surface area contributed by atoms with E-state index in [1.54, 1.807) is 30.5 Å². The molecule has 0 spiro atoms. The maximum Gasteiger partial charge on any atom is 0.311 e. The third kappa shape index (κ3) is 3.60. The monoisotopic (exact) mass is 344 g/mol. The van der Waals surface area contributed by atoms with Crippen LogP contribution >= 0.6 is 11.3 Å². The van der Waals surface area contributed by atoms with Gasteiger partial charge in [0.2, 0.25) is 0 Å². The first-order valence-electron chi connectivity index (χ1n) is 7.43. The maximum absolute atomic E-state index is 12.3. The van der Waals surface area contributed by atoms with Crippen molar-refractivity contribution in [2.75, 3.05) is 11.9 Å². The van der Waals surface area contributed by atoms with Crippen molar-refractivity contribution in [1.82, 2.24) is 15.0 Å². The quantitative estimate of drug-likeness (QED) is 0.694. The van der Waals surface area contributed by atoms with Gasteiger partial charge in [0.25, 0.3) is 5.91 Å². The van der Waals surface area contributed by atoms with Crippen LogP contribution in [0.25, 0.3) is 11.0 Å². The fourth-order valence-corrected chi connectivity index (χ4v) is 2.96. The third-order valence-electron chi connectivity index (χ3n) is 3.27. The van der Waals surface area contributed by atoms with Gasteiger partial charge in [-0.05, 0) is 32.0 Å². The van der Waals surface area contributed by atoms with Crippen LogP contribution in [0.1, 0.15) is 28.8 Å². The van der Waals surface area contributed by atoms with Gasteiger partial charge in [-0.15, -0.1) is 11.3 Å². The highest BCUT2D eigenvalue weighted by molar-refractivity contribution is 7.14. The molecule has 24 heavy (non-hydrogen) atoms. The predicted octanol–water partition coefficient (Wildman–Crippen LogP) is 2.69. The summed E-state index contributed by atoms with van der Waals surface area (Å²) in [6, 6.07) is 5.25. The summed E-state index contributed by atoms with van der Waals surface area (Å²) in [5.41, 5.74) is 2.71. The van der Waals surface area contributed by atoms with Crippen LogP contribution < -0.4 is 5.32 Å². The minimum atomic E-state index is -0.333. The number of ether oxygens (including phenoxy) is 1. The van der Waals surface area contributed by atoms with Crippen LogP contribution in [-0.2, 0) is 16.0 Å². The lowest BCUT2D eigenvalue weighted by molar-refractivity contribution is -0.142. The zero-order valence-corrected chi connectivity index (χ0v) is 14.1. The number of amides is 1. The first kappa shape index (κ1) is 16.1. The normalized spacial score (nSPS) is 10.8. The number of hydrogen-bond donors (Lipinski definition) is 2. The van der Waals surface area contributed by atoms with Crippen molar-refractivity contribution >= 4 is 39.4 Å². The summed E-state index contributed by atoms with van der Waals surface area (Å²) in [7, 11) is 0. The average Bonchev–Trinajstić information content (AvgIpc) is 3.11. The number of carbonyl (C=O) groups is 2. The Morgan fingerprint density at radius 3 is 2.96 bits per heavy atom. The van der Waals surface area contributed by atoms with Crippen LogP contribution in [0.2, 0.25) is 0 Å². The van der Waals surface area contributed by atoms with E-state index >= 15 is 0 Å². The van der Waals surface area contributed by atoms with Crippen molar-refractivity contribution in [2.45, 2.75) is 20.3 Å². The van der Waals surface area contributed by atoms with Crippen molar-refractivity contribution in [3.63, 3.8) is 0 Å². The summed E-state index contributed by atoms with van der Waals surface area (Å²) in [6.07, 6.45) is 0.0968. The molecule has 124 valence electrons. The highest BCUT2D eigenvalue weighted by Crippen LogP contribution is 2.19. The lowest BCUT2D eigenvalue weighted by atomic mass is 10.2. The van der Waals surface area contributed by atoms with Gasteiger partial charge in [-0.1, -0.05) is 0 Å². The fourth-order valence-electron chi connectivity index (χ4n) is 2.25. The van der Waals surface area contributed by atoms with Crippen molar-refractivity contribution in [2.24, 2.45) is 0 Å². The van der Waals surface area contributed by atoms with Crippen LogP contribution in [0.3, 0.4) is 0 Å². The van der Waals surface area contributed by atoms with Crippen LogP contribution in [-0.4, -0.2) is 33.4 Å². The zero-order chi connectivity index (χ0) is 17.1. The summed E-state index contributed by atoms with van der Waals surface area (Å²) < 4.78 is 4.88. The summed E-state index contributed by atoms with van der Waals surface area (Å²) in [5, 5.41) is 4.91. The molecule has 1 aromatic carbocycles. The third-order valence-corrected chi connectivity index (χ3v) is 4.07. The topological polar surface area (TPSA) is 97.0 Å². The van der Waals surface area contributed by atoms with Gasteiger partial charge in [0.1, 0.15) is 5.82 Å². The number of thiazole rings is 1. The number of H-pyrrole nitrogens is 1. The lowest BCUT2D eigenvalue weighted by Gasteiger charge is -2.02. The number of aromatic amines is 1. The molecule has 0 saturated heterocycles. The van der Waals surface area contributed by atoms with Crippen molar-refractivity contribution in [3.8, 4) is 0 Å². The van der Waals surface area contributed by atoms with Crippen molar-refractivity contribution in [3.05, 3.63) is 40.7 Å². The van der Waals surface area contributed by atoms with Gasteiger partial charge in [0.05, 0.1) is 29.8 Å². The van der Waals surface area contributed by atoms with E-state index in [-0.39, 0.29) is 18.3 Å². The zero-order valence-electron chi connectivity index (χ0n) is 13.3. The molecule has 2 heterocycles. The second-order valence-corrected chi connectivity index (χ2v) is 5.99. The Kier molecular flexibility index (Phi) is 4.57. The maximum atomic E-state index is 12.3. The molecule has 0 aliphatic carbocycles. The molecule has 3 aromatic rings. The predicted molar refractivity (Wildman–Crippen MR) is 91.2 cm³/mol. The average molecular weight is 344 g/mol. The molecule has 0 atom stereocenters. The van der Waals surface area contributed by atoms with E-state index in [0.29, 0.717) is 23.0 Å². The second kappa shape index (κ2) is 6.79. The summed E-state index contributed by atoms with van der Waals surface area (Å²) in [6.45, 7) is 3.95. The van der Waals surface area contributed by atoms with E-state index in [4.69, 9.17) is 4.74 Å². The van der Waals surface area contributed by atoms with E-state index in [0.717, 1.165) is 16.9 Å². The Labute approximate surface area is 142 Å². The number of nitrogens with one attached hydrogen (secondary N) is 2. The molecule has 1 amide bonds. The Hall–Kier alpha value is -2.74. The molecule has 2 N–H and O–H groups in total. The summed E-state index contributed by atoms with van der Waals surface area (Å²) in [5.74, 6) is 0.202. The van der Waals surface area contributed by atoms with Gasteiger partial charge in [-0.25, -0.2) is 9.97 Å². The fraction of sp³-hybridized carbons (Fsp3) is 0.250. The number of carbonyl (C=O) groups excluding carboxylic acids is 2. The minimum absolute atomic E-state index is 0.0968. The van der Waals surface area contributed by atoms with Gasteiger partial charge in [0.15, 0.2) is 5.13 Å². The highest BCUT2D eigenvalue weighted by Gasteiger charge is 2.12. The van der Waals surface area contributed by atoms with Gasteiger partial charge < -0.3 is 9.72 Å². The first-order valence-corrected chi connectivity index (χ1v) is 8.31. The Balaban J connectivity index is 1.69. The smallest absolute Gasteiger partial charge is 0.311 e. The number of rotatable bonds is 5. The van der Waals surface area contributed by atoms with Crippen LogP contribution in [0.15, 0.2) is 23.6 Å². The molecule has 0 aliphatic heterocycles. The van der Waals surface area contributed by atoms with E-state index < -0.39 is 0 Å². The molecule has 0 bridgehead atoms. The number of esters is 1. The molecule has 3 rings (SSSR count). The summed E-state index contributed by atoms with van der Waals surface area (Å²) >= 11 is 1.27. The molecule has 7 nitrogen and oxygen atoms in total. The number of aromatic nitrogens is 3. The largest absolute Gasteiger partial charge is 0.466 e. The molecule has 8 heteroatoms. The van der Waals surface area contributed by atoms with Gasteiger partial charge in [0, 0.05) is 10.9 Å². The number of imidazole rings is 1.